The van der Waals surface area contributed by atoms with E-state index in [1.807, 2.05) is 0 Å². The van der Waals surface area contributed by atoms with Crippen LogP contribution in [-0.4, -0.2) is 0 Å². The molecule has 0 N–H and O–H groups in total. The first-order valence-corrected chi connectivity index (χ1v) is 6.32. The highest BCUT2D eigenvalue weighted by Gasteiger charge is 2.35. The first-order chi connectivity index (χ1) is 6.32. The Morgan fingerprint density at radius 2 is 1.64 bits per heavy atom. The molecule has 0 heteroatoms. The summed E-state index contributed by atoms with van der Waals surface area (Å²) in [6.07, 6.45) is 4.37. The lowest BCUT2D eigenvalue weighted by molar-refractivity contribution is 0.0753. The predicted octanol–water partition coefficient (Wildman–Crippen LogP) is 4.74. The Morgan fingerprint density at radius 1 is 1.07 bits per heavy atom. The Morgan fingerprint density at radius 3 is 2.00 bits per heavy atom. The van der Waals surface area contributed by atoms with Crippen molar-refractivity contribution in [3.05, 3.63) is 0 Å². The average Bonchev–Trinajstić information content (AvgIpc) is 2.01. The van der Waals surface area contributed by atoms with Gasteiger partial charge in [0.1, 0.15) is 0 Å². The van der Waals surface area contributed by atoms with Gasteiger partial charge >= 0.3 is 0 Å². The van der Waals surface area contributed by atoms with Crippen molar-refractivity contribution in [3.63, 3.8) is 0 Å². The van der Waals surface area contributed by atoms with Crippen LogP contribution < -0.4 is 0 Å². The van der Waals surface area contributed by atoms with Crippen LogP contribution in [-0.2, 0) is 0 Å². The summed E-state index contributed by atoms with van der Waals surface area (Å²) in [7, 11) is 0. The Balaban J connectivity index is 2.56. The van der Waals surface area contributed by atoms with Gasteiger partial charge in [0.05, 0.1) is 0 Å². The molecule has 0 aromatic rings. The summed E-state index contributed by atoms with van der Waals surface area (Å²) in [5.41, 5.74) is 0.515. The zero-order valence-corrected chi connectivity index (χ0v) is 10.9. The Kier molecular flexibility index (Phi) is 3.66. The molecular weight excluding hydrogens is 168 g/mol. The third kappa shape index (κ3) is 2.74. The van der Waals surface area contributed by atoms with Gasteiger partial charge in [-0.25, -0.2) is 0 Å². The maximum atomic E-state index is 2.46. The number of hydrogen-bond acceptors (Lipinski definition) is 0. The first-order valence-electron chi connectivity index (χ1n) is 6.32. The van der Waals surface area contributed by atoms with E-state index in [9.17, 15) is 0 Å². The molecule has 84 valence electrons. The van der Waals surface area contributed by atoms with E-state index in [1.54, 1.807) is 0 Å². The van der Waals surface area contributed by atoms with E-state index in [-0.39, 0.29) is 0 Å². The van der Waals surface area contributed by atoms with Crippen molar-refractivity contribution in [1.29, 1.82) is 0 Å². The van der Waals surface area contributed by atoms with Crippen LogP contribution in [0.4, 0.5) is 0 Å². The Hall–Kier alpha value is 0. The van der Waals surface area contributed by atoms with Gasteiger partial charge in [-0.15, -0.1) is 0 Å². The smallest absolute Gasteiger partial charge is 0.0339 e. The van der Waals surface area contributed by atoms with Gasteiger partial charge in [-0.2, -0.15) is 0 Å². The topological polar surface area (TPSA) is 0 Å². The van der Waals surface area contributed by atoms with Crippen molar-refractivity contribution in [3.8, 4) is 0 Å². The molecule has 0 nitrogen and oxygen atoms in total. The molecule has 0 amide bonds. The highest BCUT2D eigenvalue weighted by Crippen LogP contribution is 2.45. The van der Waals surface area contributed by atoms with E-state index in [0.29, 0.717) is 5.41 Å². The fourth-order valence-corrected chi connectivity index (χ4v) is 3.33. The summed E-state index contributed by atoms with van der Waals surface area (Å²) in [6.45, 7) is 14.5. The number of hydrogen-bond donors (Lipinski definition) is 0. The third-order valence-electron chi connectivity index (χ3n) is 4.27. The molecule has 14 heavy (non-hydrogen) atoms. The van der Waals surface area contributed by atoms with Gasteiger partial charge < -0.3 is 0 Å². The van der Waals surface area contributed by atoms with Crippen LogP contribution in [0, 0.1) is 29.1 Å². The van der Waals surface area contributed by atoms with Crippen LogP contribution in [0.15, 0.2) is 0 Å². The van der Waals surface area contributed by atoms with E-state index < -0.39 is 0 Å². The second-order valence-electron chi connectivity index (χ2n) is 6.77. The minimum absolute atomic E-state index is 0.515. The van der Waals surface area contributed by atoms with Crippen LogP contribution in [0.3, 0.4) is 0 Å². The monoisotopic (exact) mass is 196 g/mol. The van der Waals surface area contributed by atoms with E-state index in [0.717, 1.165) is 23.7 Å². The van der Waals surface area contributed by atoms with Crippen molar-refractivity contribution >= 4 is 0 Å². The van der Waals surface area contributed by atoms with Crippen LogP contribution in [0.5, 0.6) is 0 Å². The molecule has 0 aliphatic heterocycles. The molecule has 0 aromatic heterocycles. The van der Waals surface area contributed by atoms with Crippen molar-refractivity contribution in [1.82, 2.24) is 0 Å². The molecule has 0 bridgehead atoms. The summed E-state index contributed by atoms with van der Waals surface area (Å²) in [6, 6.07) is 0. The molecule has 0 heterocycles. The summed E-state index contributed by atoms with van der Waals surface area (Å²) < 4.78 is 0. The molecule has 0 aromatic carbocycles. The molecule has 1 aliphatic carbocycles. The van der Waals surface area contributed by atoms with Crippen molar-refractivity contribution in [2.75, 3.05) is 0 Å². The number of rotatable bonds is 1. The third-order valence-corrected chi connectivity index (χ3v) is 4.27. The van der Waals surface area contributed by atoms with Crippen molar-refractivity contribution in [2.24, 2.45) is 29.1 Å². The molecule has 0 saturated heterocycles. The van der Waals surface area contributed by atoms with Gasteiger partial charge in [0.2, 0.25) is 0 Å². The van der Waals surface area contributed by atoms with Crippen LogP contribution in [0.1, 0.15) is 60.8 Å². The normalized spacial score (nSPS) is 34.9. The van der Waals surface area contributed by atoms with Crippen molar-refractivity contribution in [2.45, 2.75) is 60.8 Å². The zero-order chi connectivity index (χ0) is 10.9. The van der Waals surface area contributed by atoms with Crippen LogP contribution >= 0.6 is 0 Å². The van der Waals surface area contributed by atoms with E-state index in [1.165, 1.54) is 19.3 Å². The highest BCUT2D eigenvalue weighted by molar-refractivity contribution is 4.85. The van der Waals surface area contributed by atoms with E-state index in [2.05, 4.69) is 41.5 Å². The lowest BCUT2D eigenvalue weighted by Crippen LogP contribution is -2.33. The minimum Gasteiger partial charge on any atom is -0.0625 e. The zero-order valence-electron chi connectivity index (χ0n) is 10.9. The van der Waals surface area contributed by atoms with Gasteiger partial charge in [-0.05, 0) is 48.3 Å². The fraction of sp³-hybridized carbons (Fsp3) is 1.00. The van der Waals surface area contributed by atoms with Crippen LogP contribution in [0.25, 0.3) is 0 Å². The van der Waals surface area contributed by atoms with E-state index >= 15 is 0 Å². The predicted molar refractivity (Wildman–Crippen MR) is 64.3 cm³/mol. The minimum atomic E-state index is 0.515. The lowest BCUT2D eigenvalue weighted by Gasteiger charge is -2.43. The summed E-state index contributed by atoms with van der Waals surface area (Å²) in [5, 5.41) is 0. The molecule has 3 atom stereocenters. The lowest BCUT2D eigenvalue weighted by atomic mass is 9.63. The SMILES string of the molecule is CC(C)C1CCC(C(C)(C)C)C(C)C1. The second-order valence-corrected chi connectivity index (χ2v) is 6.77. The van der Waals surface area contributed by atoms with Gasteiger partial charge in [0.25, 0.3) is 0 Å². The molecule has 3 unspecified atom stereocenters. The standard InChI is InChI=1S/C14H28/c1-10(2)12-7-8-13(11(3)9-12)14(4,5)6/h10-13H,7-9H2,1-6H3. The summed E-state index contributed by atoms with van der Waals surface area (Å²) >= 11 is 0. The van der Waals surface area contributed by atoms with Crippen LogP contribution in [0.2, 0.25) is 0 Å². The van der Waals surface area contributed by atoms with Crippen molar-refractivity contribution < 1.29 is 0 Å². The average molecular weight is 196 g/mol. The fourth-order valence-electron chi connectivity index (χ4n) is 3.33. The summed E-state index contributed by atoms with van der Waals surface area (Å²) in [4.78, 5) is 0. The maximum absolute atomic E-state index is 2.46. The quantitative estimate of drug-likeness (QED) is 0.568. The highest BCUT2D eigenvalue weighted by atomic mass is 14.4. The Labute approximate surface area is 90.5 Å². The van der Waals surface area contributed by atoms with Gasteiger partial charge in [-0.1, -0.05) is 41.5 Å². The largest absolute Gasteiger partial charge is 0.0625 e. The maximum Gasteiger partial charge on any atom is -0.0339 e. The summed E-state index contributed by atoms with van der Waals surface area (Å²) in [5.74, 6) is 3.75. The molecule has 1 saturated carbocycles. The second kappa shape index (κ2) is 4.24. The van der Waals surface area contributed by atoms with E-state index in [4.69, 9.17) is 0 Å². The molecular formula is C14H28. The Bertz CT molecular complexity index is 173. The first kappa shape index (κ1) is 12.1. The van der Waals surface area contributed by atoms with Gasteiger partial charge in [0.15, 0.2) is 0 Å². The molecule has 0 spiro atoms. The molecule has 1 rings (SSSR count). The molecule has 0 radical (unpaired) electrons. The molecule has 1 fully saturated rings. The van der Waals surface area contributed by atoms with Gasteiger partial charge in [-0.3, -0.25) is 0 Å². The molecule has 1 aliphatic rings. The van der Waals surface area contributed by atoms with Gasteiger partial charge in [0, 0.05) is 0 Å².